The van der Waals surface area contributed by atoms with Gasteiger partial charge in [-0.15, -0.1) is 0 Å². The molecule has 4 aromatic carbocycles. The van der Waals surface area contributed by atoms with Crippen LogP contribution in [0.15, 0.2) is 54.6 Å². The Morgan fingerprint density at radius 2 is 1.37 bits per heavy atom. The molecular weight excluding hydrogens is 234 g/mol. The average molecular weight is 245 g/mol. The Bertz CT molecular complexity index is 895. The van der Waals surface area contributed by atoms with E-state index in [-0.39, 0.29) is 0 Å². The first kappa shape index (κ1) is 10.3. The van der Waals surface area contributed by atoms with Gasteiger partial charge in [0.25, 0.3) is 0 Å². The van der Waals surface area contributed by atoms with Gasteiger partial charge in [0.05, 0.1) is 0 Å². The second-order valence-corrected chi connectivity index (χ2v) is 4.73. The van der Waals surface area contributed by atoms with Crippen molar-refractivity contribution in [3.63, 3.8) is 0 Å². The van der Waals surface area contributed by atoms with Crippen LogP contribution in [0, 0.1) is 0 Å². The highest BCUT2D eigenvalue weighted by Gasteiger charge is 2.09. The minimum absolute atomic E-state index is 0.728. The summed E-state index contributed by atoms with van der Waals surface area (Å²) in [5.74, 6) is 0. The van der Waals surface area contributed by atoms with Crippen LogP contribution in [-0.4, -0.2) is 6.41 Å². The van der Waals surface area contributed by atoms with Crippen LogP contribution in [0.4, 0.5) is 5.69 Å². The topological polar surface area (TPSA) is 29.1 Å². The van der Waals surface area contributed by atoms with Crippen LogP contribution in [0.3, 0.4) is 0 Å². The molecule has 19 heavy (non-hydrogen) atoms. The number of hydrogen-bond donors (Lipinski definition) is 1. The van der Waals surface area contributed by atoms with Crippen LogP contribution in [0.2, 0.25) is 0 Å². The Kier molecular flexibility index (Phi) is 2.00. The van der Waals surface area contributed by atoms with Crippen molar-refractivity contribution in [3.05, 3.63) is 54.6 Å². The fourth-order valence-electron chi connectivity index (χ4n) is 2.92. The van der Waals surface area contributed by atoms with Crippen LogP contribution in [-0.2, 0) is 4.79 Å². The molecular formula is C17H11NO. The molecule has 0 unspecified atom stereocenters. The van der Waals surface area contributed by atoms with Crippen LogP contribution in [0.1, 0.15) is 0 Å². The van der Waals surface area contributed by atoms with Gasteiger partial charge >= 0.3 is 0 Å². The molecule has 0 bridgehead atoms. The minimum Gasteiger partial charge on any atom is -0.328 e. The zero-order chi connectivity index (χ0) is 12.8. The van der Waals surface area contributed by atoms with Gasteiger partial charge in [-0.3, -0.25) is 4.79 Å². The zero-order valence-corrected chi connectivity index (χ0v) is 10.2. The van der Waals surface area contributed by atoms with E-state index in [1.165, 1.54) is 26.9 Å². The summed E-state index contributed by atoms with van der Waals surface area (Å²) in [7, 11) is 0. The van der Waals surface area contributed by atoms with Gasteiger partial charge in [0, 0.05) is 11.1 Å². The molecule has 0 aliphatic heterocycles. The van der Waals surface area contributed by atoms with E-state index in [1.54, 1.807) is 0 Å². The molecule has 0 spiro atoms. The van der Waals surface area contributed by atoms with Crippen molar-refractivity contribution in [2.75, 3.05) is 5.32 Å². The molecule has 1 amide bonds. The Morgan fingerprint density at radius 1 is 0.737 bits per heavy atom. The van der Waals surface area contributed by atoms with Crippen molar-refractivity contribution in [2.45, 2.75) is 0 Å². The molecule has 0 radical (unpaired) electrons. The molecule has 1 N–H and O–H groups in total. The van der Waals surface area contributed by atoms with E-state index in [4.69, 9.17) is 0 Å². The highest BCUT2D eigenvalue weighted by Crippen LogP contribution is 2.37. The summed E-state index contributed by atoms with van der Waals surface area (Å²) in [6.07, 6.45) is 0.728. The first-order valence-corrected chi connectivity index (χ1v) is 6.25. The molecule has 0 saturated carbocycles. The molecule has 2 nitrogen and oxygen atoms in total. The standard InChI is InChI=1S/C17H11NO/c19-10-18-15-9-7-13-5-4-11-2-1-3-12-6-8-14(15)17(13)16(11)12/h1-10H,(H,18,19). The second kappa shape index (κ2) is 3.69. The molecule has 0 heterocycles. The summed E-state index contributed by atoms with van der Waals surface area (Å²) in [6, 6.07) is 18.8. The van der Waals surface area contributed by atoms with Crippen LogP contribution < -0.4 is 5.32 Å². The Hall–Kier alpha value is -2.61. The Morgan fingerprint density at radius 3 is 2.11 bits per heavy atom. The second-order valence-electron chi connectivity index (χ2n) is 4.73. The third-order valence-electron chi connectivity index (χ3n) is 3.74. The van der Waals surface area contributed by atoms with Gasteiger partial charge in [-0.2, -0.15) is 0 Å². The van der Waals surface area contributed by atoms with E-state index in [0.29, 0.717) is 0 Å². The zero-order valence-electron chi connectivity index (χ0n) is 10.2. The van der Waals surface area contributed by atoms with E-state index >= 15 is 0 Å². The van der Waals surface area contributed by atoms with Gasteiger partial charge in [-0.05, 0) is 33.0 Å². The highest BCUT2D eigenvalue weighted by molar-refractivity contribution is 6.25. The molecule has 0 aromatic heterocycles. The average Bonchev–Trinajstić information content (AvgIpc) is 2.46. The molecule has 4 aromatic rings. The van der Waals surface area contributed by atoms with Crippen LogP contribution in [0.25, 0.3) is 32.3 Å². The van der Waals surface area contributed by atoms with E-state index in [0.717, 1.165) is 17.5 Å². The van der Waals surface area contributed by atoms with Gasteiger partial charge in [0.2, 0.25) is 6.41 Å². The van der Waals surface area contributed by atoms with Crippen molar-refractivity contribution in [3.8, 4) is 0 Å². The normalized spacial score (nSPS) is 11.4. The predicted octanol–water partition coefficient (Wildman–Crippen LogP) is 4.15. The first-order valence-electron chi connectivity index (χ1n) is 6.25. The minimum atomic E-state index is 0.728. The molecule has 2 heteroatoms. The van der Waals surface area contributed by atoms with E-state index in [2.05, 4.69) is 53.8 Å². The monoisotopic (exact) mass is 245 g/mol. The summed E-state index contributed by atoms with van der Waals surface area (Å²) < 4.78 is 0. The van der Waals surface area contributed by atoms with Crippen molar-refractivity contribution < 1.29 is 4.79 Å². The fourth-order valence-corrected chi connectivity index (χ4v) is 2.92. The SMILES string of the molecule is O=CNc1ccc2ccc3cccc4ccc1c2c34. The maximum absolute atomic E-state index is 10.7. The predicted molar refractivity (Wildman–Crippen MR) is 79.8 cm³/mol. The number of benzene rings is 4. The summed E-state index contributed by atoms with van der Waals surface area (Å²) in [6.45, 7) is 0. The van der Waals surface area contributed by atoms with Crippen molar-refractivity contribution in [2.24, 2.45) is 0 Å². The smallest absolute Gasteiger partial charge is 0.211 e. The van der Waals surface area contributed by atoms with Crippen molar-refractivity contribution >= 4 is 44.4 Å². The highest BCUT2D eigenvalue weighted by atomic mass is 16.1. The molecule has 0 aliphatic rings. The number of amides is 1. The molecule has 90 valence electrons. The number of carbonyl (C=O) groups is 1. The number of rotatable bonds is 2. The van der Waals surface area contributed by atoms with Gasteiger partial charge in [0.1, 0.15) is 0 Å². The Balaban J connectivity index is 2.31. The van der Waals surface area contributed by atoms with E-state index in [9.17, 15) is 4.79 Å². The van der Waals surface area contributed by atoms with E-state index in [1.807, 2.05) is 6.07 Å². The Labute approximate surface area is 110 Å². The third kappa shape index (κ3) is 1.34. The van der Waals surface area contributed by atoms with Gasteiger partial charge < -0.3 is 5.32 Å². The van der Waals surface area contributed by atoms with Gasteiger partial charge in [-0.25, -0.2) is 0 Å². The maximum Gasteiger partial charge on any atom is 0.211 e. The summed E-state index contributed by atoms with van der Waals surface area (Å²) >= 11 is 0. The summed E-state index contributed by atoms with van der Waals surface area (Å²) in [4.78, 5) is 10.7. The van der Waals surface area contributed by atoms with Crippen LogP contribution in [0.5, 0.6) is 0 Å². The third-order valence-corrected chi connectivity index (χ3v) is 3.74. The lowest BCUT2D eigenvalue weighted by molar-refractivity contribution is -0.105. The number of carbonyl (C=O) groups excluding carboxylic acids is 1. The van der Waals surface area contributed by atoms with Gasteiger partial charge in [-0.1, -0.05) is 48.5 Å². The maximum atomic E-state index is 10.7. The lowest BCUT2D eigenvalue weighted by atomic mass is 9.93. The van der Waals surface area contributed by atoms with Crippen LogP contribution >= 0.6 is 0 Å². The number of hydrogen-bond acceptors (Lipinski definition) is 1. The fraction of sp³-hybridized carbons (Fsp3) is 0. The summed E-state index contributed by atoms with van der Waals surface area (Å²) in [5.41, 5.74) is 0.862. The number of anilines is 1. The van der Waals surface area contributed by atoms with Gasteiger partial charge in [0.15, 0.2) is 0 Å². The molecule has 4 rings (SSSR count). The lowest BCUT2D eigenvalue weighted by Crippen LogP contribution is -1.95. The number of nitrogens with one attached hydrogen (secondary N) is 1. The molecule has 0 aliphatic carbocycles. The van der Waals surface area contributed by atoms with E-state index < -0.39 is 0 Å². The lowest BCUT2D eigenvalue weighted by Gasteiger charge is -2.12. The molecule has 0 atom stereocenters. The first-order chi connectivity index (χ1) is 9.38. The largest absolute Gasteiger partial charge is 0.328 e. The molecule has 0 fully saturated rings. The molecule has 0 saturated heterocycles. The quantitative estimate of drug-likeness (QED) is 0.417. The summed E-state index contributed by atoms with van der Waals surface area (Å²) in [5, 5.41) is 10.0. The van der Waals surface area contributed by atoms with Crippen molar-refractivity contribution in [1.29, 1.82) is 0 Å². The van der Waals surface area contributed by atoms with Crippen molar-refractivity contribution in [1.82, 2.24) is 0 Å².